The second-order valence-corrected chi connectivity index (χ2v) is 31.8. The lowest BCUT2D eigenvalue weighted by Crippen LogP contribution is -2.30. The predicted molar refractivity (Wildman–Crippen MR) is 481 cm³/mol. The van der Waals surface area contributed by atoms with E-state index in [2.05, 4.69) is 227 Å². The second-order valence-electron chi connectivity index (χ2n) is 28.9. The van der Waals surface area contributed by atoms with E-state index in [9.17, 15) is 43.5 Å². The Labute approximate surface area is 699 Å². The summed E-state index contributed by atoms with van der Waals surface area (Å²) in [6, 6.07) is 0. The monoisotopic (exact) mass is 1640 g/mol. The van der Waals surface area contributed by atoms with Crippen molar-refractivity contribution in [2.24, 2.45) is 0 Å². The van der Waals surface area contributed by atoms with Crippen LogP contribution in [0.15, 0.2) is 207 Å². The van der Waals surface area contributed by atoms with Crippen LogP contribution in [0.4, 0.5) is 0 Å². The van der Waals surface area contributed by atoms with Gasteiger partial charge >= 0.3 is 33.6 Å². The molecule has 4 N–H and O–H groups in total. The molecule has 0 bridgehead atoms. The molecule has 0 aromatic heterocycles. The minimum absolute atomic E-state index is 0.0655. The lowest BCUT2D eigenvalue weighted by Gasteiger charge is -2.21. The summed E-state index contributed by atoms with van der Waals surface area (Å²) >= 11 is 0. The fourth-order valence-electron chi connectivity index (χ4n) is 11.4. The third kappa shape index (κ3) is 88.8. The maximum Gasteiger partial charge on any atom is 0.472 e. The Morgan fingerprint density at radius 1 is 0.243 bits per heavy atom. The first-order valence-corrected chi connectivity index (χ1v) is 47.4. The summed E-state index contributed by atoms with van der Waals surface area (Å²) in [6.45, 7) is 2.31. The number of carbonyl (C=O) groups is 3. The minimum Gasteiger partial charge on any atom is -0.463 e. The highest BCUT2D eigenvalue weighted by atomic mass is 31.2. The van der Waals surface area contributed by atoms with Crippen LogP contribution in [0.5, 0.6) is 0 Å². The molecule has 652 valence electrons. The van der Waals surface area contributed by atoms with Gasteiger partial charge < -0.3 is 34.2 Å². The lowest BCUT2D eigenvalue weighted by atomic mass is 10.0. The Morgan fingerprint density at radius 2 is 0.435 bits per heavy atom. The van der Waals surface area contributed by atoms with Crippen molar-refractivity contribution in [2.75, 3.05) is 39.6 Å². The second kappa shape index (κ2) is 87.4. The van der Waals surface area contributed by atoms with Crippen LogP contribution in [0.1, 0.15) is 329 Å². The first-order valence-electron chi connectivity index (χ1n) is 44.4. The number of unbranched alkanes of at least 4 members (excludes halogenated alkanes) is 25. The van der Waals surface area contributed by atoms with Crippen LogP contribution in [0.2, 0.25) is 0 Å². The van der Waals surface area contributed by atoms with E-state index in [0.29, 0.717) is 19.3 Å². The first kappa shape index (κ1) is 109. The van der Waals surface area contributed by atoms with Gasteiger partial charge in [0.05, 0.1) is 26.4 Å². The Kier molecular flexibility index (Phi) is 83.0. The van der Waals surface area contributed by atoms with Gasteiger partial charge in [-0.05, 0) is 167 Å². The Bertz CT molecular complexity index is 2920. The molecule has 16 nitrogen and oxygen atoms in total. The van der Waals surface area contributed by atoms with E-state index in [1.165, 1.54) is 77.0 Å². The lowest BCUT2D eigenvalue weighted by molar-refractivity contribution is -0.161. The number of phosphoric ester groups is 2. The molecule has 0 aliphatic carbocycles. The van der Waals surface area contributed by atoms with Crippen molar-refractivity contribution in [3.63, 3.8) is 0 Å². The summed E-state index contributed by atoms with van der Waals surface area (Å²) < 4.78 is 61.4. The predicted octanol–water partition coefficient (Wildman–Crippen LogP) is 27.2. The zero-order chi connectivity index (χ0) is 83.6. The van der Waals surface area contributed by atoms with Crippen LogP contribution in [0.3, 0.4) is 0 Å². The highest BCUT2D eigenvalue weighted by Gasteiger charge is 2.29. The van der Waals surface area contributed by atoms with Crippen molar-refractivity contribution in [1.29, 1.82) is 0 Å². The van der Waals surface area contributed by atoms with Crippen molar-refractivity contribution < 1.29 is 75.8 Å². The van der Waals surface area contributed by atoms with E-state index >= 15 is 0 Å². The van der Waals surface area contributed by atoms with Gasteiger partial charge in [0, 0.05) is 19.3 Å². The molecule has 0 amide bonds. The van der Waals surface area contributed by atoms with Crippen molar-refractivity contribution in [2.45, 2.75) is 347 Å². The van der Waals surface area contributed by atoms with Gasteiger partial charge in [0.1, 0.15) is 25.4 Å². The quantitative estimate of drug-likeness (QED) is 0.0146. The van der Waals surface area contributed by atoms with Gasteiger partial charge in [0.25, 0.3) is 0 Å². The zero-order valence-corrected chi connectivity index (χ0v) is 73.4. The van der Waals surface area contributed by atoms with Gasteiger partial charge in [-0.3, -0.25) is 32.5 Å². The molecule has 0 heterocycles. The van der Waals surface area contributed by atoms with E-state index < -0.39 is 91.5 Å². The highest BCUT2D eigenvalue weighted by molar-refractivity contribution is 7.47. The summed E-state index contributed by atoms with van der Waals surface area (Å²) in [5, 5.41) is 20.7. The third-order valence-corrected chi connectivity index (χ3v) is 19.9. The van der Waals surface area contributed by atoms with Crippen LogP contribution in [-0.4, -0.2) is 95.9 Å². The number of rotatable bonds is 82. The maximum atomic E-state index is 13.1. The minimum atomic E-state index is -4.96. The van der Waals surface area contributed by atoms with Crippen molar-refractivity contribution in [3.8, 4) is 0 Å². The standard InChI is InChI=1S/C97H158O16P2/c1-4-7-10-13-16-19-22-25-28-31-34-37-40-42-43-44-45-46-47-49-52-53-56-59-62-65-68-71-74-77-80-83-95(100)107-86-92(98)87-109-114(103,104)110-88-93(99)89-111-115(105,106)112-91-94(113-97(102)85-82-79-76-73-70-67-64-61-58-55-50-39-36-33-30-27-24-21-18-15-12-9-6-3)90-108-96(101)84-81-78-75-72-69-66-63-60-57-54-51-48-41-38-35-32-29-26-23-20-17-14-11-8-5-2/h7-12,16-21,25-30,34-39,42-43,45-46,48,51,55,58,64,67,92-94,98-99H,4-6,13-15,22-24,31-33,40-41,44,47,49-50,52-54,56-57,59-63,65-66,68-91H2,1-3H3,(H,103,104)(H,105,106)/b10-7-,11-8-,12-9-,19-16-,20-17-,21-18-,28-25-,29-26-,30-27-,37-34-,38-35-,39-36-,43-42-,46-45-,51-48-,58-55-,67-64-. The molecule has 0 radical (unpaired) electrons. The summed E-state index contributed by atoms with van der Waals surface area (Å²) in [4.78, 5) is 59.0. The van der Waals surface area contributed by atoms with Crippen LogP contribution in [0.25, 0.3) is 0 Å². The number of ether oxygens (including phenoxy) is 3. The van der Waals surface area contributed by atoms with Crippen LogP contribution in [0, 0.1) is 0 Å². The molecule has 0 aromatic carbocycles. The Balaban J connectivity index is 4.67. The van der Waals surface area contributed by atoms with Crippen molar-refractivity contribution in [3.05, 3.63) is 207 Å². The number of hydrogen-bond donors (Lipinski definition) is 4. The molecule has 18 heteroatoms. The van der Waals surface area contributed by atoms with Crippen LogP contribution < -0.4 is 0 Å². The number of esters is 3. The van der Waals surface area contributed by atoms with Gasteiger partial charge in [-0.1, -0.05) is 349 Å². The summed E-state index contributed by atoms with van der Waals surface area (Å²) in [5.41, 5.74) is 0. The van der Waals surface area contributed by atoms with Crippen molar-refractivity contribution in [1.82, 2.24) is 0 Å². The van der Waals surface area contributed by atoms with Crippen LogP contribution >= 0.6 is 15.6 Å². The molecule has 0 aliphatic heterocycles. The van der Waals surface area contributed by atoms with Crippen molar-refractivity contribution >= 4 is 33.6 Å². The SMILES string of the molecule is CC/C=C\C/C=C\C/C=C\C/C=C\C/C=C\C/C=C\CCCCCCCCCCCCCCC(=O)OCC(O)COP(=O)(O)OCC(O)COP(=O)(O)OCC(COC(=O)CCCCCCCCCCC/C=C\C/C=C\C/C=C\C/C=C\C/C=C\CC)OC(=O)CCCCCC/C=C\C/C=C\C/C=C\C/C=C\C/C=C\C/C=C\CC. The number of hydrogen-bond acceptors (Lipinski definition) is 14. The Hall–Kier alpha value is -5.87. The van der Waals surface area contributed by atoms with E-state index in [-0.39, 0.29) is 19.3 Å². The normalized spacial score (nSPS) is 14.8. The third-order valence-electron chi connectivity index (χ3n) is 18.0. The molecule has 5 unspecified atom stereocenters. The molecule has 0 fully saturated rings. The van der Waals surface area contributed by atoms with Crippen LogP contribution in [-0.2, 0) is 55.8 Å². The molecule has 0 rings (SSSR count). The molecule has 0 saturated carbocycles. The largest absolute Gasteiger partial charge is 0.472 e. The van der Waals surface area contributed by atoms with E-state index in [1.54, 1.807) is 0 Å². The van der Waals surface area contributed by atoms with E-state index in [4.69, 9.17) is 32.3 Å². The maximum absolute atomic E-state index is 13.1. The van der Waals surface area contributed by atoms with Gasteiger partial charge in [0.15, 0.2) is 6.10 Å². The topological polar surface area (TPSA) is 231 Å². The first-order chi connectivity index (χ1) is 56.2. The number of phosphoric acid groups is 2. The summed E-state index contributed by atoms with van der Waals surface area (Å²) in [6.07, 6.45) is 117. The number of carbonyl (C=O) groups excluding carboxylic acids is 3. The van der Waals surface area contributed by atoms with Gasteiger partial charge in [-0.25, -0.2) is 9.13 Å². The van der Waals surface area contributed by atoms with Gasteiger partial charge in [-0.2, -0.15) is 0 Å². The Morgan fingerprint density at radius 3 is 0.687 bits per heavy atom. The number of aliphatic hydroxyl groups excluding tert-OH is 2. The average molecular weight is 1640 g/mol. The van der Waals surface area contributed by atoms with E-state index in [0.717, 1.165) is 193 Å². The number of aliphatic hydroxyl groups is 2. The summed E-state index contributed by atoms with van der Waals surface area (Å²) in [7, 11) is -9.83. The molecule has 5 atom stereocenters. The van der Waals surface area contributed by atoms with Gasteiger partial charge in [0.2, 0.25) is 0 Å². The molecule has 0 aliphatic rings. The molecular formula is C97H158O16P2. The summed E-state index contributed by atoms with van der Waals surface area (Å²) in [5.74, 6) is -1.62. The number of allylic oxidation sites excluding steroid dienone is 34. The fraction of sp³-hybridized carbons (Fsp3) is 0.619. The molecule has 115 heavy (non-hydrogen) atoms. The molecule has 0 aromatic rings. The zero-order valence-electron chi connectivity index (χ0n) is 71.6. The highest BCUT2D eigenvalue weighted by Crippen LogP contribution is 2.45. The average Bonchev–Trinajstić information content (AvgIpc) is 0.903. The molecular weight excluding hydrogens is 1480 g/mol. The smallest absolute Gasteiger partial charge is 0.463 e. The van der Waals surface area contributed by atoms with E-state index in [1.807, 2.05) is 0 Å². The molecule has 0 spiro atoms. The molecule has 0 saturated heterocycles. The van der Waals surface area contributed by atoms with Gasteiger partial charge in [-0.15, -0.1) is 0 Å². The fourth-order valence-corrected chi connectivity index (χ4v) is 13.0.